The summed E-state index contributed by atoms with van der Waals surface area (Å²) in [7, 11) is 0. The van der Waals surface area contributed by atoms with Crippen molar-refractivity contribution in [2.75, 3.05) is 19.8 Å². The van der Waals surface area contributed by atoms with Gasteiger partial charge in [0, 0.05) is 5.57 Å². The van der Waals surface area contributed by atoms with Gasteiger partial charge in [0.2, 0.25) is 0 Å². The number of carbonyl (C=O) groups is 2. The van der Waals surface area contributed by atoms with Crippen molar-refractivity contribution < 1.29 is 19.4 Å². The molecule has 0 saturated carbocycles. The Morgan fingerprint density at radius 3 is 2.43 bits per heavy atom. The minimum atomic E-state index is -0.755. The van der Waals surface area contributed by atoms with E-state index in [1.807, 2.05) is 0 Å². The van der Waals surface area contributed by atoms with Crippen LogP contribution in [0.25, 0.3) is 0 Å². The molecular formula is C9H15NO4. The molecule has 0 spiro atoms. The lowest BCUT2D eigenvalue weighted by molar-refractivity contribution is -0.125. The van der Waals surface area contributed by atoms with Crippen LogP contribution in [0, 0.1) is 0 Å². The van der Waals surface area contributed by atoms with Crippen LogP contribution in [-0.2, 0) is 9.53 Å². The third-order valence-electron chi connectivity index (χ3n) is 1.42. The summed E-state index contributed by atoms with van der Waals surface area (Å²) >= 11 is 0. The number of hydrogen-bond donors (Lipinski definition) is 1. The summed E-state index contributed by atoms with van der Waals surface area (Å²) in [6.07, 6.45) is -0.755. The molecule has 0 radical (unpaired) electrons. The van der Waals surface area contributed by atoms with Gasteiger partial charge in [0.1, 0.15) is 0 Å². The van der Waals surface area contributed by atoms with Gasteiger partial charge in [-0.3, -0.25) is 4.79 Å². The summed E-state index contributed by atoms with van der Waals surface area (Å²) in [5, 5.41) is 8.65. The topological polar surface area (TPSA) is 66.8 Å². The number of rotatable bonds is 4. The van der Waals surface area contributed by atoms with Gasteiger partial charge in [-0.15, -0.1) is 0 Å². The van der Waals surface area contributed by atoms with E-state index in [0.29, 0.717) is 0 Å². The summed E-state index contributed by atoms with van der Waals surface area (Å²) in [6.45, 7) is 6.36. The molecule has 80 valence electrons. The lowest BCUT2D eigenvalue weighted by atomic mass is 10.3. The highest BCUT2D eigenvalue weighted by molar-refractivity contribution is 6.01. The van der Waals surface area contributed by atoms with E-state index >= 15 is 0 Å². The van der Waals surface area contributed by atoms with Crippen LogP contribution in [-0.4, -0.2) is 41.8 Å². The molecule has 0 aliphatic carbocycles. The molecule has 2 amide bonds. The number of carbonyl (C=O) groups excluding carboxylic acids is 2. The predicted molar refractivity (Wildman–Crippen MR) is 50.6 cm³/mol. The summed E-state index contributed by atoms with van der Waals surface area (Å²) in [5.74, 6) is -0.530. The van der Waals surface area contributed by atoms with E-state index in [9.17, 15) is 9.59 Å². The normalized spacial score (nSPS) is 9.36. The van der Waals surface area contributed by atoms with Crippen molar-refractivity contribution in [1.82, 2.24) is 4.90 Å². The second-order valence-corrected chi connectivity index (χ2v) is 2.66. The van der Waals surface area contributed by atoms with Crippen LogP contribution in [0.5, 0.6) is 0 Å². The van der Waals surface area contributed by atoms with Crippen LogP contribution < -0.4 is 0 Å². The Balaban J connectivity index is 4.50. The molecule has 0 bridgehead atoms. The quantitative estimate of drug-likeness (QED) is 0.674. The van der Waals surface area contributed by atoms with Gasteiger partial charge in [0.15, 0.2) is 0 Å². The standard InChI is InChI=1S/C9H15NO4/c1-4-14-9(13)10(5-6-11)8(12)7(2)3/h11H,2,4-6H2,1,3H3. The average molecular weight is 201 g/mol. The van der Waals surface area contributed by atoms with E-state index in [-0.39, 0.29) is 25.3 Å². The van der Waals surface area contributed by atoms with Crippen molar-refractivity contribution in [3.05, 3.63) is 12.2 Å². The number of amides is 2. The molecule has 1 N–H and O–H groups in total. The summed E-state index contributed by atoms with van der Waals surface area (Å²) in [6, 6.07) is 0. The maximum Gasteiger partial charge on any atom is 0.416 e. The Hall–Kier alpha value is -1.36. The number of aliphatic hydroxyl groups is 1. The molecule has 0 saturated heterocycles. The molecular weight excluding hydrogens is 186 g/mol. The van der Waals surface area contributed by atoms with Crippen LogP contribution in [0.4, 0.5) is 4.79 Å². The number of nitrogens with zero attached hydrogens (tertiary/aromatic N) is 1. The monoisotopic (exact) mass is 201 g/mol. The Labute approximate surface area is 83.0 Å². The molecule has 0 aromatic carbocycles. The third-order valence-corrected chi connectivity index (χ3v) is 1.42. The van der Waals surface area contributed by atoms with Gasteiger partial charge < -0.3 is 9.84 Å². The van der Waals surface area contributed by atoms with Crippen molar-refractivity contribution in [3.8, 4) is 0 Å². The van der Waals surface area contributed by atoms with E-state index in [2.05, 4.69) is 11.3 Å². The van der Waals surface area contributed by atoms with Crippen molar-refractivity contribution >= 4 is 12.0 Å². The fourth-order valence-electron chi connectivity index (χ4n) is 0.808. The second kappa shape index (κ2) is 6.15. The minimum absolute atomic E-state index is 0.0788. The zero-order valence-electron chi connectivity index (χ0n) is 8.45. The van der Waals surface area contributed by atoms with Crippen LogP contribution in [0.1, 0.15) is 13.8 Å². The van der Waals surface area contributed by atoms with Gasteiger partial charge in [-0.05, 0) is 13.8 Å². The Morgan fingerprint density at radius 1 is 1.50 bits per heavy atom. The Morgan fingerprint density at radius 2 is 2.07 bits per heavy atom. The minimum Gasteiger partial charge on any atom is -0.449 e. The van der Waals surface area contributed by atoms with Crippen molar-refractivity contribution in [2.24, 2.45) is 0 Å². The van der Waals surface area contributed by atoms with Crippen LogP contribution >= 0.6 is 0 Å². The molecule has 0 aliphatic heterocycles. The first kappa shape index (κ1) is 12.6. The van der Waals surface area contributed by atoms with E-state index in [4.69, 9.17) is 5.11 Å². The van der Waals surface area contributed by atoms with Gasteiger partial charge >= 0.3 is 6.09 Å². The molecule has 0 aromatic heterocycles. The second-order valence-electron chi connectivity index (χ2n) is 2.66. The van der Waals surface area contributed by atoms with Crippen LogP contribution in [0.2, 0.25) is 0 Å². The van der Waals surface area contributed by atoms with E-state index in [1.165, 1.54) is 6.92 Å². The van der Waals surface area contributed by atoms with E-state index < -0.39 is 12.0 Å². The van der Waals surface area contributed by atoms with Gasteiger partial charge in [-0.2, -0.15) is 0 Å². The smallest absolute Gasteiger partial charge is 0.416 e. The fraction of sp³-hybridized carbons (Fsp3) is 0.556. The van der Waals surface area contributed by atoms with Crippen LogP contribution in [0.15, 0.2) is 12.2 Å². The van der Waals surface area contributed by atoms with Gasteiger partial charge in [0.25, 0.3) is 5.91 Å². The van der Waals surface area contributed by atoms with Crippen molar-refractivity contribution in [3.63, 3.8) is 0 Å². The van der Waals surface area contributed by atoms with Crippen molar-refractivity contribution in [1.29, 1.82) is 0 Å². The number of imide groups is 1. The SMILES string of the molecule is C=C(C)C(=O)N(CCO)C(=O)OCC. The molecule has 0 heterocycles. The summed E-state index contributed by atoms with van der Waals surface area (Å²) in [5.41, 5.74) is 0.228. The largest absolute Gasteiger partial charge is 0.449 e. The summed E-state index contributed by atoms with van der Waals surface area (Å²) < 4.78 is 4.64. The maximum atomic E-state index is 11.4. The molecule has 0 atom stereocenters. The molecule has 0 aliphatic rings. The average Bonchev–Trinajstić information content (AvgIpc) is 2.13. The number of ether oxygens (including phenoxy) is 1. The van der Waals surface area contributed by atoms with Gasteiger partial charge in [-0.25, -0.2) is 9.69 Å². The summed E-state index contributed by atoms with van der Waals surface area (Å²) in [4.78, 5) is 23.4. The van der Waals surface area contributed by atoms with E-state index in [0.717, 1.165) is 4.90 Å². The fourth-order valence-corrected chi connectivity index (χ4v) is 0.808. The first-order valence-electron chi connectivity index (χ1n) is 4.29. The molecule has 5 nitrogen and oxygen atoms in total. The first-order valence-corrected chi connectivity index (χ1v) is 4.29. The molecule has 0 unspecified atom stereocenters. The predicted octanol–water partition coefficient (Wildman–Crippen LogP) is 0.540. The highest BCUT2D eigenvalue weighted by Gasteiger charge is 2.21. The molecule has 5 heteroatoms. The van der Waals surface area contributed by atoms with E-state index in [1.54, 1.807) is 6.92 Å². The highest BCUT2D eigenvalue weighted by Crippen LogP contribution is 2.01. The first-order chi connectivity index (χ1) is 6.54. The van der Waals surface area contributed by atoms with Gasteiger partial charge in [-0.1, -0.05) is 6.58 Å². The lowest BCUT2D eigenvalue weighted by Gasteiger charge is -2.18. The molecule has 14 heavy (non-hydrogen) atoms. The van der Waals surface area contributed by atoms with Gasteiger partial charge in [0.05, 0.1) is 19.8 Å². The zero-order valence-corrected chi connectivity index (χ0v) is 8.45. The zero-order chi connectivity index (χ0) is 11.1. The molecule has 0 fully saturated rings. The number of aliphatic hydroxyl groups excluding tert-OH is 1. The van der Waals surface area contributed by atoms with Crippen molar-refractivity contribution in [2.45, 2.75) is 13.8 Å². The van der Waals surface area contributed by atoms with Crippen LogP contribution in [0.3, 0.4) is 0 Å². The Bertz CT molecular complexity index is 237. The number of hydrogen-bond acceptors (Lipinski definition) is 4. The maximum absolute atomic E-state index is 11.4. The Kier molecular flexibility index (Phi) is 5.55. The highest BCUT2D eigenvalue weighted by atomic mass is 16.6. The lowest BCUT2D eigenvalue weighted by Crippen LogP contribution is -2.39. The molecule has 0 rings (SSSR count). The third kappa shape index (κ3) is 3.57. The molecule has 0 aromatic rings.